The maximum atomic E-state index is 6.14. The van der Waals surface area contributed by atoms with Crippen LogP contribution in [0.4, 0.5) is 0 Å². The number of hydrogen-bond acceptors (Lipinski definition) is 5. The number of aromatic nitrogens is 2. The molecule has 1 atom stereocenters. The third-order valence-corrected chi connectivity index (χ3v) is 3.30. The van der Waals surface area contributed by atoms with Crippen LogP contribution in [-0.2, 0) is 6.42 Å². The Bertz CT molecular complexity index is 358. The minimum atomic E-state index is -0.132. The lowest BCUT2D eigenvalue weighted by molar-refractivity contribution is 0.213. The summed E-state index contributed by atoms with van der Waals surface area (Å²) in [7, 11) is 0. The molecule has 0 saturated carbocycles. The van der Waals surface area contributed by atoms with Crippen LogP contribution >= 0.6 is 0 Å². The zero-order valence-corrected chi connectivity index (χ0v) is 11.4. The molecule has 102 valence electrons. The minimum absolute atomic E-state index is 0.132. The molecule has 1 aromatic heterocycles. The predicted molar refractivity (Wildman–Crippen MR) is 70.1 cm³/mol. The van der Waals surface area contributed by atoms with E-state index in [0.717, 1.165) is 26.1 Å². The fourth-order valence-electron chi connectivity index (χ4n) is 2.35. The van der Waals surface area contributed by atoms with Gasteiger partial charge in [0, 0.05) is 13.0 Å². The van der Waals surface area contributed by atoms with Gasteiger partial charge in [0.2, 0.25) is 5.89 Å². The van der Waals surface area contributed by atoms with Crippen LogP contribution in [0.15, 0.2) is 4.52 Å². The highest BCUT2D eigenvalue weighted by atomic mass is 16.5. The fraction of sp³-hybridized carbons (Fsp3) is 0.846. The molecule has 0 bridgehead atoms. The average molecular weight is 252 g/mol. The summed E-state index contributed by atoms with van der Waals surface area (Å²) in [4.78, 5) is 6.78. The second-order valence-corrected chi connectivity index (χ2v) is 5.61. The van der Waals surface area contributed by atoms with Crippen molar-refractivity contribution in [3.63, 3.8) is 0 Å². The molecule has 0 radical (unpaired) electrons. The summed E-state index contributed by atoms with van der Waals surface area (Å²) in [6, 6.07) is -0.132. The van der Waals surface area contributed by atoms with Crippen molar-refractivity contribution in [1.29, 1.82) is 0 Å². The van der Waals surface area contributed by atoms with Crippen LogP contribution in [0, 0.1) is 5.92 Å². The number of rotatable bonds is 5. The fourth-order valence-corrected chi connectivity index (χ4v) is 2.35. The lowest BCUT2D eigenvalue weighted by Crippen LogP contribution is -2.36. The van der Waals surface area contributed by atoms with Crippen LogP contribution in [0.2, 0.25) is 0 Å². The Balaban J connectivity index is 1.87. The van der Waals surface area contributed by atoms with E-state index in [-0.39, 0.29) is 6.04 Å². The molecule has 2 N–H and O–H groups in total. The molecule has 5 nitrogen and oxygen atoms in total. The Morgan fingerprint density at radius 1 is 1.28 bits per heavy atom. The first kappa shape index (κ1) is 13.5. The standard InChI is InChI=1S/C13H24N4O/c1-10(2)8-12-15-13(16-18-12)11(14)9-17-6-4-3-5-7-17/h10-11H,3-9,14H2,1-2H3. The molecule has 0 aliphatic carbocycles. The largest absolute Gasteiger partial charge is 0.339 e. The normalized spacial score (nSPS) is 19.3. The molecule has 5 heteroatoms. The maximum absolute atomic E-state index is 6.14. The molecule has 0 spiro atoms. The number of hydrogen-bond donors (Lipinski definition) is 1. The van der Waals surface area contributed by atoms with Gasteiger partial charge in [-0.1, -0.05) is 25.4 Å². The van der Waals surface area contributed by atoms with Gasteiger partial charge in [0.05, 0.1) is 6.04 Å². The number of likely N-dealkylation sites (tertiary alicyclic amines) is 1. The zero-order valence-electron chi connectivity index (χ0n) is 11.4. The third-order valence-electron chi connectivity index (χ3n) is 3.30. The lowest BCUT2D eigenvalue weighted by Gasteiger charge is -2.27. The Labute approximate surface area is 109 Å². The van der Waals surface area contributed by atoms with Gasteiger partial charge in [-0.15, -0.1) is 0 Å². The average Bonchev–Trinajstić information content (AvgIpc) is 2.78. The van der Waals surface area contributed by atoms with Gasteiger partial charge in [0.1, 0.15) is 0 Å². The Morgan fingerprint density at radius 3 is 2.67 bits per heavy atom. The van der Waals surface area contributed by atoms with E-state index in [1.807, 2.05) is 0 Å². The monoisotopic (exact) mass is 252 g/mol. The quantitative estimate of drug-likeness (QED) is 0.864. The second-order valence-electron chi connectivity index (χ2n) is 5.61. The molecule has 18 heavy (non-hydrogen) atoms. The summed E-state index contributed by atoms with van der Waals surface area (Å²) in [5, 5.41) is 4.00. The lowest BCUT2D eigenvalue weighted by atomic mass is 10.1. The van der Waals surface area contributed by atoms with Crippen LogP contribution in [0.3, 0.4) is 0 Å². The molecule has 1 fully saturated rings. The van der Waals surface area contributed by atoms with Gasteiger partial charge in [-0.25, -0.2) is 0 Å². The van der Waals surface area contributed by atoms with Crippen molar-refractivity contribution in [2.75, 3.05) is 19.6 Å². The van der Waals surface area contributed by atoms with Crippen LogP contribution in [-0.4, -0.2) is 34.7 Å². The van der Waals surface area contributed by atoms with E-state index in [2.05, 4.69) is 28.9 Å². The highest BCUT2D eigenvalue weighted by molar-refractivity contribution is 4.95. The van der Waals surface area contributed by atoms with E-state index in [0.29, 0.717) is 17.6 Å². The topological polar surface area (TPSA) is 68.2 Å². The first-order valence-corrected chi connectivity index (χ1v) is 6.95. The first-order chi connectivity index (χ1) is 8.65. The van der Waals surface area contributed by atoms with Crippen molar-refractivity contribution >= 4 is 0 Å². The minimum Gasteiger partial charge on any atom is -0.339 e. The van der Waals surface area contributed by atoms with Crippen molar-refractivity contribution in [2.45, 2.75) is 45.6 Å². The van der Waals surface area contributed by atoms with Crippen molar-refractivity contribution in [3.8, 4) is 0 Å². The summed E-state index contributed by atoms with van der Waals surface area (Å²) in [5.41, 5.74) is 6.14. The molecular formula is C13H24N4O. The molecule has 1 aromatic rings. The number of nitrogens with two attached hydrogens (primary N) is 1. The Morgan fingerprint density at radius 2 is 2.00 bits per heavy atom. The highest BCUT2D eigenvalue weighted by Gasteiger charge is 2.19. The molecule has 2 heterocycles. The molecule has 1 saturated heterocycles. The summed E-state index contributed by atoms with van der Waals surface area (Å²) < 4.78 is 5.23. The van der Waals surface area contributed by atoms with Crippen molar-refractivity contribution in [1.82, 2.24) is 15.0 Å². The molecule has 1 aliphatic rings. The Kier molecular flexibility index (Phi) is 4.72. The molecule has 1 aliphatic heterocycles. The van der Waals surface area contributed by atoms with E-state index in [1.165, 1.54) is 19.3 Å². The van der Waals surface area contributed by atoms with Gasteiger partial charge in [-0.2, -0.15) is 4.98 Å². The van der Waals surface area contributed by atoms with E-state index in [9.17, 15) is 0 Å². The van der Waals surface area contributed by atoms with Crippen LogP contribution in [0.5, 0.6) is 0 Å². The molecule has 2 rings (SSSR count). The van der Waals surface area contributed by atoms with Gasteiger partial charge in [0.25, 0.3) is 0 Å². The van der Waals surface area contributed by atoms with E-state index in [4.69, 9.17) is 10.3 Å². The smallest absolute Gasteiger partial charge is 0.226 e. The number of nitrogens with zero attached hydrogens (tertiary/aromatic N) is 3. The van der Waals surface area contributed by atoms with Crippen molar-refractivity contribution < 1.29 is 4.52 Å². The van der Waals surface area contributed by atoms with Gasteiger partial charge >= 0.3 is 0 Å². The van der Waals surface area contributed by atoms with E-state index in [1.54, 1.807) is 0 Å². The molecule has 0 aromatic carbocycles. The van der Waals surface area contributed by atoms with Gasteiger partial charge in [0.15, 0.2) is 5.82 Å². The maximum Gasteiger partial charge on any atom is 0.226 e. The van der Waals surface area contributed by atoms with Crippen molar-refractivity contribution in [3.05, 3.63) is 11.7 Å². The van der Waals surface area contributed by atoms with Gasteiger partial charge < -0.3 is 15.2 Å². The van der Waals surface area contributed by atoms with Crippen molar-refractivity contribution in [2.24, 2.45) is 11.7 Å². The third kappa shape index (κ3) is 3.78. The van der Waals surface area contributed by atoms with Gasteiger partial charge in [-0.3, -0.25) is 0 Å². The van der Waals surface area contributed by atoms with Gasteiger partial charge in [-0.05, 0) is 31.8 Å². The highest BCUT2D eigenvalue weighted by Crippen LogP contribution is 2.14. The molecular weight excluding hydrogens is 228 g/mol. The molecule has 0 amide bonds. The van der Waals surface area contributed by atoms with Crippen LogP contribution in [0.1, 0.15) is 50.9 Å². The summed E-state index contributed by atoms with van der Waals surface area (Å²) >= 11 is 0. The number of piperidine rings is 1. The summed E-state index contributed by atoms with van der Waals surface area (Å²) in [5.74, 6) is 1.88. The van der Waals surface area contributed by atoms with Crippen LogP contribution in [0.25, 0.3) is 0 Å². The SMILES string of the molecule is CC(C)Cc1nc(C(N)CN2CCCCC2)no1. The molecule has 1 unspecified atom stereocenters. The van der Waals surface area contributed by atoms with Crippen LogP contribution < -0.4 is 5.73 Å². The summed E-state index contributed by atoms with van der Waals surface area (Å²) in [6.07, 6.45) is 4.71. The van der Waals surface area contributed by atoms with E-state index < -0.39 is 0 Å². The van der Waals surface area contributed by atoms with E-state index >= 15 is 0 Å². The zero-order chi connectivity index (χ0) is 13.0. The summed E-state index contributed by atoms with van der Waals surface area (Å²) in [6.45, 7) is 7.39. The Hall–Kier alpha value is -0.940. The predicted octanol–water partition coefficient (Wildman–Crippen LogP) is 1.75. The first-order valence-electron chi connectivity index (χ1n) is 6.95. The second kappa shape index (κ2) is 6.29.